The molecule has 0 bridgehead atoms. The molecule has 0 aromatic heterocycles. The zero-order valence-electron chi connectivity index (χ0n) is 13.2. The summed E-state index contributed by atoms with van der Waals surface area (Å²) in [6.07, 6.45) is 2.07. The predicted molar refractivity (Wildman–Crippen MR) is 102 cm³/mol. The van der Waals surface area contributed by atoms with Crippen LogP contribution in [0.15, 0.2) is 65.6 Å². The predicted octanol–water partition coefficient (Wildman–Crippen LogP) is 4.57. The van der Waals surface area contributed by atoms with Crippen LogP contribution in [0.25, 0.3) is 6.08 Å². The number of carbonyl (C=O) groups excluding carboxylic acids is 1. The molecule has 24 heavy (non-hydrogen) atoms. The number of para-hydroxylation sites is 1. The number of nitrogens with zero attached hydrogens (tertiary/aromatic N) is 1. The lowest BCUT2D eigenvalue weighted by atomic mass is 10.2. The van der Waals surface area contributed by atoms with Gasteiger partial charge in [-0.2, -0.15) is 0 Å². The molecular formula is C19H17NO2S2. The summed E-state index contributed by atoms with van der Waals surface area (Å²) in [6.45, 7) is 2.05. The van der Waals surface area contributed by atoms with Gasteiger partial charge in [0.1, 0.15) is 0 Å². The molecule has 2 fully saturated rings. The third-order valence-corrected chi connectivity index (χ3v) is 6.82. The fraction of sp³-hybridized carbons (Fsp3) is 0.211. The monoisotopic (exact) mass is 355 g/mol. The molecule has 2 atom stereocenters. The molecule has 2 saturated heterocycles. The second-order valence-corrected chi connectivity index (χ2v) is 8.39. The van der Waals surface area contributed by atoms with Gasteiger partial charge in [-0.1, -0.05) is 72.1 Å². The Balaban J connectivity index is 1.76. The lowest BCUT2D eigenvalue weighted by Gasteiger charge is -2.31. The number of anilines is 1. The van der Waals surface area contributed by atoms with Gasteiger partial charge >= 0.3 is 0 Å². The Labute approximate surface area is 150 Å². The van der Waals surface area contributed by atoms with Crippen LogP contribution in [0.5, 0.6) is 0 Å². The lowest BCUT2D eigenvalue weighted by molar-refractivity contribution is -0.115. The van der Waals surface area contributed by atoms with E-state index < -0.39 is 4.39 Å². The standard InChI is InChI=1S/C19H17NO2S2/c1-14-13-23-19(22-14)20(16-10-6-3-7-11-16)18(21)17(24-19)12-15-8-4-2-5-9-15/h2-12,14H,13H2,1H3/b17-12-/t14-,19+/m0/s1. The summed E-state index contributed by atoms with van der Waals surface area (Å²) < 4.78 is 5.51. The van der Waals surface area contributed by atoms with Gasteiger partial charge in [-0.3, -0.25) is 9.69 Å². The molecule has 4 rings (SSSR count). The molecule has 0 radical (unpaired) electrons. The van der Waals surface area contributed by atoms with Crippen molar-refractivity contribution in [1.29, 1.82) is 0 Å². The average molecular weight is 355 g/mol. The van der Waals surface area contributed by atoms with Crippen molar-refractivity contribution in [3.63, 3.8) is 0 Å². The van der Waals surface area contributed by atoms with Crippen molar-refractivity contribution in [2.75, 3.05) is 10.7 Å². The highest BCUT2D eigenvalue weighted by atomic mass is 32.2. The summed E-state index contributed by atoms with van der Waals surface area (Å²) in [5.74, 6) is 0.874. The van der Waals surface area contributed by atoms with Crippen molar-refractivity contribution < 1.29 is 9.53 Å². The Morgan fingerprint density at radius 1 is 1.12 bits per heavy atom. The van der Waals surface area contributed by atoms with Crippen LogP contribution in [0.4, 0.5) is 5.69 Å². The number of hydrogen-bond acceptors (Lipinski definition) is 4. The van der Waals surface area contributed by atoms with E-state index in [1.54, 1.807) is 16.7 Å². The number of hydrogen-bond donors (Lipinski definition) is 0. The van der Waals surface area contributed by atoms with E-state index >= 15 is 0 Å². The second kappa shape index (κ2) is 6.31. The highest BCUT2D eigenvalue weighted by Gasteiger charge is 2.55. The van der Waals surface area contributed by atoms with Crippen LogP contribution in [0, 0.1) is 0 Å². The van der Waals surface area contributed by atoms with Gasteiger partial charge in [0.2, 0.25) is 0 Å². The molecule has 2 aromatic rings. The van der Waals surface area contributed by atoms with E-state index in [0.717, 1.165) is 17.0 Å². The van der Waals surface area contributed by atoms with E-state index in [-0.39, 0.29) is 12.0 Å². The van der Waals surface area contributed by atoms with Crippen LogP contribution in [0.1, 0.15) is 12.5 Å². The third kappa shape index (κ3) is 2.77. The SMILES string of the molecule is C[C@H]1CS[C@@]2(O1)S/C(=C\c1ccccc1)C(=O)N2c1ccccc1. The van der Waals surface area contributed by atoms with E-state index in [1.165, 1.54) is 11.8 Å². The van der Waals surface area contributed by atoms with Crippen molar-refractivity contribution >= 4 is 41.2 Å². The lowest BCUT2D eigenvalue weighted by Crippen LogP contribution is -2.42. The van der Waals surface area contributed by atoms with Crippen molar-refractivity contribution in [1.82, 2.24) is 0 Å². The Kier molecular flexibility index (Phi) is 4.16. The highest BCUT2D eigenvalue weighted by Crippen LogP contribution is 2.57. The van der Waals surface area contributed by atoms with Crippen LogP contribution in [-0.2, 0) is 9.53 Å². The van der Waals surface area contributed by atoms with Crippen LogP contribution >= 0.6 is 23.5 Å². The maximum absolute atomic E-state index is 13.1. The number of ether oxygens (including phenoxy) is 1. The van der Waals surface area contributed by atoms with E-state index in [4.69, 9.17) is 4.74 Å². The molecule has 0 aliphatic carbocycles. The Bertz CT molecular complexity index is 778. The smallest absolute Gasteiger partial charge is 0.268 e. The number of amides is 1. The summed E-state index contributed by atoms with van der Waals surface area (Å²) in [5.41, 5.74) is 1.89. The summed E-state index contributed by atoms with van der Waals surface area (Å²) in [4.78, 5) is 15.6. The van der Waals surface area contributed by atoms with Crippen molar-refractivity contribution in [3.05, 3.63) is 71.1 Å². The Hall–Kier alpha value is -1.69. The number of rotatable bonds is 2. The second-order valence-electron chi connectivity index (χ2n) is 5.76. The van der Waals surface area contributed by atoms with Crippen LogP contribution < -0.4 is 4.90 Å². The van der Waals surface area contributed by atoms with Crippen LogP contribution in [0.3, 0.4) is 0 Å². The minimum absolute atomic E-state index is 0.00310. The largest absolute Gasteiger partial charge is 0.333 e. The minimum atomic E-state index is -0.696. The van der Waals surface area contributed by atoms with Crippen molar-refractivity contribution in [2.24, 2.45) is 0 Å². The first kappa shape index (κ1) is 15.8. The maximum Gasteiger partial charge on any atom is 0.268 e. The molecule has 5 heteroatoms. The van der Waals surface area contributed by atoms with Crippen LogP contribution in [0.2, 0.25) is 0 Å². The molecule has 2 aliphatic rings. The van der Waals surface area contributed by atoms with Gasteiger partial charge in [0.15, 0.2) is 0 Å². The van der Waals surface area contributed by atoms with Gasteiger partial charge in [0, 0.05) is 11.4 Å². The minimum Gasteiger partial charge on any atom is -0.333 e. The van der Waals surface area contributed by atoms with Gasteiger partial charge in [-0.15, -0.1) is 0 Å². The molecular weight excluding hydrogens is 338 g/mol. The topological polar surface area (TPSA) is 29.5 Å². The summed E-state index contributed by atoms with van der Waals surface area (Å²) in [6, 6.07) is 19.7. The number of thioether (sulfide) groups is 2. The summed E-state index contributed by atoms with van der Waals surface area (Å²) >= 11 is 3.19. The van der Waals surface area contributed by atoms with Gasteiger partial charge in [0.25, 0.3) is 10.3 Å². The first-order valence-electron chi connectivity index (χ1n) is 7.85. The fourth-order valence-electron chi connectivity index (χ4n) is 2.82. The molecule has 2 aliphatic heterocycles. The molecule has 3 nitrogen and oxygen atoms in total. The molecule has 0 N–H and O–H groups in total. The number of benzene rings is 2. The van der Waals surface area contributed by atoms with Crippen LogP contribution in [-0.4, -0.2) is 22.2 Å². The van der Waals surface area contributed by atoms with Gasteiger partial charge < -0.3 is 4.74 Å². The van der Waals surface area contributed by atoms with E-state index in [0.29, 0.717) is 4.91 Å². The molecule has 2 aromatic carbocycles. The van der Waals surface area contributed by atoms with Gasteiger partial charge in [0.05, 0.1) is 11.0 Å². The molecule has 122 valence electrons. The number of carbonyl (C=O) groups is 1. The van der Waals surface area contributed by atoms with Crippen molar-refractivity contribution in [2.45, 2.75) is 17.4 Å². The molecule has 2 heterocycles. The Morgan fingerprint density at radius 3 is 2.42 bits per heavy atom. The zero-order valence-corrected chi connectivity index (χ0v) is 14.8. The first-order valence-corrected chi connectivity index (χ1v) is 9.65. The van der Waals surface area contributed by atoms with Gasteiger partial charge in [-0.25, -0.2) is 0 Å². The fourth-order valence-corrected chi connectivity index (χ4v) is 5.74. The van der Waals surface area contributed by atoms with Gasteiger partial charge in [-0.05, 0) is 30.7 Å². The summed E-state index contributed by atoms with van der Waals surface area (Å²) in [5, 5.41) is 0. The van der Waals surface area contributed by atoms with Crippen molar-refractivity contribution in [3.8, 4) is 0 Å². The Morgan fingerprint density at radius 2 is 1.79 bits per heavy atom. The quantitative estimate of drug-likeness (QED) is 0.738. The highest BCUT2D eigenvalue weighted by molar-refractivity contribution is 8.21. The van der Waals surface area contributed by atoms with E-state index in [1.807, 2.05) is 66.7 Å². The molecule has 1 spiro atoms. The first-order chi connectivity index (χ1) is 11.7. The van der Waals surface area contributed by atoms with E-state index in [9.17, 15) is 4.79 Å². The maximum atomic E-state index is 13.1. The molecule has 0 saturated carbocycles. The molecule has 0 unspecified atom stereocenters. The average Bonchev–Trinajstić information content (AvgIpc) is 3.09. The normalized spacial score (nSPS) is 28.2. The third-order valence-electron chi connectivity index (χ3n) is 3.89. The zero-order chi connectivity index (χ0) is 16.6. The van der Waals surface area contributed by atoms with E-state index in [2.05, 4.69) is 6.92 Å². The molecule has 1 amide bonds. The summed E-state index contributed by atoms with van der Waals surface area (Å²) in [7, 11) is 0.